The summed E-state index contributed by atoms with van der Waals surface area (Å²) in [6.07, 6.45) is 13.1. The molecule has 1 aliphatic heterocycles. The summed E-state index contributed by atoms with van der Waals surface area (Å²) in [6, 6.07) is 0. The predicted octanol–water partition coefficient (Wildman–Crippen LogP) is 7.11. The van der Waals surface area contributed by atoms with Crippen LogP contribution in [0.3, 0.4) is 0 Å². The second-order valence-electron chi connectivity index (χ2n) is 14.3. The van der Waals surface area contributed by atoms with Gasteiger partial charge in [0.05, 0.1) is 5.76 Å². The molecule has 0 aromatic rings. The lowest BCUT2D eigenvalue weighted by Crippen LogP contribution is -2.50. The van der Waals surface area contributed by atoms with Crippen LogP contribution in [0.5, 0.6) is 0 Å². The highest BCUT2D eigenvalue weighted by Crippen LogP contribution is 2.71. The third-order valence-electron chi connectivity index (χ3n) is 11.8. The number of fused-ring (bicyclic) bond motifs is 7. The first-order valence-electron chi connectivity index (χ1n) is 15.4. The molecule has 5 heteroatoms. The zero-order valence-electron chi connectivity index (χ0n) is 25.0. The van der Waals surface area contributed by atoms with Gasteiger partial charge in [0, 0.05) is 38.6 Å². The summed E-state index contributed by atoms with van der Waals surface area (Å²) in [4.78, 5) is 23.2. The standard InChI is InChI=1S/C33H51NO4/c1-8-29(36)37-24-13-15-31(5)23(17-24)10-11-25-26(31)14-16-32(6)27(25)18-33(7)30(32)21(3)28(38-33)12-9-20(2)19-34-22(4)35/h10,20,24-27,30H,8-9,11-19H2,1-7H3,(H,34,35)/t20-,24-,25+,26-,27-,30+,31-,32-,33+/m0/s1. The van der Waals surface area contributed by atoms with E-state index in [-0.39, 0.29) is 29.0 Å². The number of esters is 1. The zero-order chi connectivity index (χ0) is 27.5. The van der Waals surface area contributed by atoms with Crippen LogP contribution in [0.25, 0.3) is 0 Å². The Bertz CT molecular complexity index is 1030. The normalized spacial score (nSPS) is 42.2. The summed E-state index contributed by atoms with van der Waals surface area (Å²) in [6.45, 7) is 16.3. The lowest BCUT2D eigenvalue weighted by atomic mass is 9.47. The molecule has 1 N–H and O–H groups in total. The molecule has 212 valence electrons. The molecule has 5 nitrogen and oxygen atoms in total. The topological polar surface area (TPSA) is 64.6 Å². The highest BCUT2D eigenvalue weighted by Gasteiger charge is 2.67. The molecular weight excluding hydrogens is 474 g/mol. The summed E-state index contributed by atoms with van der Waals surface area (Å²) < 4.78 is 12.7. The molecule has 3 fully saturated rings. The maximum atomic E-state index is 11.9. The average molecular weight is 526 g/mol. The fourth-order valence-corrected chi connectivity index (χ4v) is 9.96. The van der Waals surface area contributed by atoms with Gasteiger partial charge in [0.25, 0.3) is 0 Å². The highest BCUT2D eigenvalue weighted by atomic mass is 16.5. The van der Waals surface area contributed by atoms with Crippen molar-refractivity contribution in [3.8, 4) is 0 Å². The quantitative estimate of drug-likeness (QED) is 0.284. The molecule has 9 atom stereocenters. The van der Waals surface area contributed by atoms with Gasteiger partial charge in [-0.3, -0.25) is 9.59 Å². The minimum absolute atomic E-state index is 0.0486. The van der Waals surface area contributed by atoms with Gasteiger partial charge in [-0.25, -0.2) is 0 Å². The number of nitrogens with one attached hydrogen (secondary N) is 1. The number of hydrogen-bond acceptors (Lipinski definition) is 4. The number of carbonyl (C=O) groups excluding carboxylic acids is 2. The van der Waals surface area contributed by atoms with E-state index in [2.05, 4.69) is 46.0 Å². The summed E-state index contributed by atoms with van der Waals surface area (Å²) in [5.74, 6) is 4.30. The van der Waals surface area contributed by atoms with Crippen LogP contribution >= 0.6 is 0 Å². The molecule has 4 aliphatic carbocycles. The predicted molar refractivity (Wildman–Crippen MR) is 150 cm³/mol. The molecule has 5 aliphatic rings. The molecule has 1 amide bonds. The molecule has 0 unspecified atom stereocenters. The van der Waals surface area contributed by atoms with Crippen molar-refractivity contribution in [1.29, 1.82) is 0 Å². The van der Waals surface area contributed by atoms with Crippen LogP contribution in [0.1, 0.15) is 113 Å². The van der Waals surface area contributed by atoms with E-state index >= 15 is 0 Å². The Morgan fingerprint density at radius 3 is 2.66 bits per heavy atom. The fraction of sp³-hybridized carbons (Fsp3) is 0.818. The van der Waals surface area contributed by atoms with Crippen LogP contribution in [0, 0.1) is 40.4 Å². The van der Waals surface area contributed by atoms with Gasteiger partial charge in [-0.1, -0.05) is 39.3 Å². The van der Waals surface area contributed by atoms with Gasteiger partial charge in [0.1, 0.15) is 11.7 Å². The molecule has 0 spiro atoms. The molecule has 3 saturated carbocycles. The van der Waals surface area contributed by atoms with E-state index in [1.54, 1.807) is 12.5 Å². The summed E-state index contributed by atoms with van der Waals surface area (Å²) in [7, 11) is 0. The Balaban J connectivity index is 1.31. The molecule has 38 heavy (non-hydrogen) atoms. The van der Waals surface area contributed by atoms with Crippen molar-refractivity contribution in [2.75, 3.05) is 6.54 Å². The van der Waals surface area contributed by atoms with Crippen LogP contribution < -0.4 is 5.32 Å². The van der Waals surface area contributed by atoms with E-state index in [0.717, 1.165) is 56.9 Å². The lowest BCUT2D eigenvalue weighted by molar-refractivity contribution is -0.151. The van der Waals surface area contributed by atoms with Crippen LogP contribution in [0.2, 0.25) is 0 Å². The molecule has 0 radical (unpaired) electrons. The smallest absolute Gasteiger partial charge is 0.305 e. The van der Waals surface area contributed by atoms with Crippen LogP contribution in [0.15, 0.2) is 23.0 Å². The number of carbonyl (C=O) groups is 2. The van der Waals surface area contributed by atoms with Gasteiger partial charge in [-0.05, 0) is 98.9 Å². The minimum Gasteiger partial charge on any atom is -0.491 e. The Kier molecular flexibility index (Phi) is 7.31. The number of hydrogen-bond donors (Lipinski definition) is 1. The monoisotopic (exact) mass is 525 g/mol. The van der Waals surface area contributed by atoms with Gasteiger partial charge in [0.15, 0.2) is 0 Å². The average Bonchev–Trinajstić information content (AvgIpc) is 3.27. The maximum Gasteiger partial charge on any atom is 0.305 e. The first kappa shape index (κ1) is 27.8. The largest absolute Gasteiger partial charge is 0.491 e. The third-order valence-corrected chi connectivity index (χ3v) is 11.8. The molecule has 5 rings (SSSR count). The van der Waals surface area contributed by atoms with Gasteiger partial charge in [-0.15, -0.1) is 0 Å². The molecule has 0 saturated heterocycles. The van der Waals surface area contributed by atoms with Crippen LogP contribution in [-0.4, -0.2) is 30.1 Å². The maximum absolute atomic E-state index is 11.9. The molecular formula is C33H51NO4. The van der Waals surface area contributed by atoms with Crippen LogP contribution in [-0.2, 0) is 19.1 Å². The number of amides is 1. The lowest BCUT2D eigenvalue weighted by Gasteiger charge is -2.58. The van der Waals surface area contributed by atoms with Gasteiger partial charge < -0.3 is 14.8 Å². The molecule has 1 heterocycles. The van der Waals surface area contributed by atoms with Crippen molar-refractivity contribution >= 4 is 11.9 Å². The van der Waals surface area contributed by atoms with Crippen molar-refractivity contribution in [3.63, 3.8) is 0 Å². The molecule has 0 aromatic heterocycles. The van der Waals surface area contributed by atoms with E-state index < -0.39 is 0 Å². The first-order valence-corrected chi connectivity index (χ1v) is 15.4. The van der Waals surface area contributed by atoms with Crippen molar-refractivity contribution in [2.45, 2.75) is 124 Å². The van der Waals surface area contributed by atoms with Crippen molar-refractivity contribution in [2.24, 2.45) is 40.4 Å². The molecule has 0 bridgehead atoms. The van der Waals surface area contributed by atoms with E-state index in [1.165, 1.54) is 30.6 Å². The van der Waals surface area contributed by atoms with E-state index in [9.17, 15) is 9.59 Å². The Hall–Kier alpha value is -1.78. The van der Waals surface area contributed by atoms with E-state index in [0.29, 0.717) is 29.6 Å². The van der Waals surface area contributed by atoms with Gasteiger partial charge in [-0.2, -0.15) is 0 Å². The van der Waals surface area contributed by atoms with E-state index in [4.69, 9.17) is 9.47 Å². The summed E-state index contributed by atoms with van der Waals surface area (Å²) >= 11 is 0. The second-order valence-corrected chi connectivity index (χ2v) is 14.3. The van der Waals surface area contributed by atoms with Crippen molar-refractivity contribution in [1.82, 2.24) is 5.32 Å². The first-order chi connectivity index (χ1) is 17.9. The minimum atomic E-state index is -0.0918. The van der Waals surface area contributed by atoms with Crippen molar-refractivity contribution < 1.29 is 19.1 Å². The number of ether oxygens (including phenoxy) is 2. The number of rotatable bonds is 7. The van der Waals surface area contributed by atoms with Gasteiger partial charge in [0.2, 0.25) is 5.91 Å². The molecule has 0 aromatic carbocycles. The summed E-state index contributed by atoms with van der Waals surface area (Å²) in [5, 5.41) is 2.96. The van der Waals surface area contributed by atoms with Crippen molar-refractivity contribution in [3.05, 3.63) is 23.0 Å². The zero-order valence-corrected chi connectivity index (χ0v) is 25.0. The number of allylic oxidation sites excluding steroid dienone is 2. The Morgan fingerprint density at radius 2 is 1.95 bits per heavy atom. The SMILES string of the molecule is CCC(=O)O[C@H]1CC[C@@]2(C)C(=CC[C@H]3[C@@H]4C[C@@]5(C)OC(CC[C@H](C)CNC(C)=O)=C(C)[C@@H]5[C@@]4(C)CC[C@@H]32)C1. The Labute approximate surface area is 230 Å². The second kappa shape index (κ2) is 10.0. The highest BCUT2D eigenvalue weighted by molar-refractivity contribution is 5.72. The Morgan fingerprint density at radius 1 is 1.18 bits per heavy atom. The summed E-state index contributed by atoms with van der Waals surface area (Å²) in [5.41, 5.74) is 3.51. The third kappa shape index (κ3) is 4.54. The van der Waals surface area contributed by atoms with E-state index in [1.807, 2.05) is 6.92 Å². The fourth-order valence-electron chi connectivity index (χ4n) is 9.96. The van der Waals surface area contributed by atoms with Crippen LogP contribution in [0.4, 0.5) is 0 Å². The van der Waals surface area contributed by atoms with Gasteiger partial charge >= 0.3 is 5.97 Å².